The molecule has 2 fully saturated rings. The van der Waals surface area contributed by atoms with Crippen molar-refractivity contribution in [3.05, 3.63) is 22.2 Å². The first kappa shape index (κ1) is 19.9. The van der Waals surface area contributed by atoms with Crippen molar-refractivity contribution in [3.63, 3.8) is 0 Å². The summed E-state index contributed by atoms with van der Waals surface area (Å²) in [5, 5.41) is 3.01. The van der Waals surface area contributed by atoms with Crippen LogP contribution in [-0.2, 0) is 4.79 Å². The Morgan fingerprint density at radius 2 is 1.85 bits per heavy atom. The normalized spacial score (nSPS) is 25.6. The molecule has 2 aliphatic carbocycles. The van der Waals surface area contributed by atoms with Crippen LogP contribution in [0.3, 0.4) is 0 Å². The fourth-order valence-electron chi connectivity index (χ4n) is 4.45. The third kappa shape index (κ3) is 5.56. The molecule has 150 valence electrons. The van der Waals surface area contributed by atoms with Gasteiger partial charge in [0.15, 0.2) is 6.61 Å². The Morgan fingerprint density at radius 1 is 1.19 bits per heavy atom. The molecule has 0 spiro atoms. The van der Waals surface area contributed by atoms with E-state index in [1.165, 1.54) is 38.5 Å². The van der Waals surface area contributed by atoms with Crippen molar-refractivity contribution in [2.45, 2.75) is 71.1 Å². The summed E-state index contributed by atoms with van der Waals surface area (Å²) in [7, 11) is 0. The van der Waals surface area contributed by atoms with Crippen LogP contribution in [0.25, 0.3) is 0 Å². The minimum Gasteiger partial charge on any atom is -0.467 e. The van der Waals surface area contributed by atoms with Gasteiger partial charge in [0.05, 0.1) is 0 Å². The molecule has 2 N–H and O–H groups in total. The highest BCUT2D eigenvalue weighted by molar-refractivity contribution is 5.77. The van der Waals surface area contributed by atoms with Gasteiger partial charge >= 0.3 is 5.69 Å². The number of amides is 1. The Hall–Kier alpha value is -1.85. The first-order valence-electron chi connectivity index (χ1n) is 10.6. The van der Waals surface area contributed by atoms with E-state index in [1.54, 1.807) is 6.07 Å². The maximum atomic E-state index is 12.2. The number of nitrogens with one attached hydrogen (secondary N) is 2. The number of nitrogens with zero attached hydrogens (tertiary/aromatic N) is 1. The van der Waals surface area contributed by atoms with Crippen LogP contribution in [-0.4, -0.2) is 29.0 Å². The second-order valence-electron chi connectivity index (χ2n) is 8.32. The molecule has 27 heavy (non-hydrogen) atoms. The summed E-state index contributed by atoms with van der Waals surface area (Å²) in [5.74, 6) is 2.61. The molecular weight excluding hydrogens is 342 g/mol. The van der Waals surface area contributed by atoms with Gasteiger partial charge in [-0.05, 0) is 55.8 Å². The summed E-state index contributed by atoms with van der Waals surface area (Å²) < 4.78 is 5.49. The third-order valence-electron chi connectivity index (χ3n) is 6.38. The van der Waals surface area contributed by atoms with Gasteiger partial charge in [-0.25, -0.2) is 4.79 Å². The predicted molar refractivity (Wildman–Crippen MR) is 105 cm³/mol. The zero-order valence-corrected chi connectivity index (χ0v) is 16.6. The Labute approximate surface area is 161 Å². The number of carbonyl (C=O) groups excluding carboxylic acids is 1. The van der Waals surface area contributed by atoms with Crippen LogP contribution in [0.2, 0.25) is 0 Å². The Bertz CT molecular complexity index is 671. The van der Waals surface area contributed by atoms with E-state index in [2.05, 4.69) is 29.1 Å². The van der Waals surface area contributed by atoms with E-state index in [0.29, 0.717) is 18.4 Å². The van der Waals surface area contributed by atoms with Gasteiger partial charge in [0.1, 0.15) is 0 Å². The van der Waals surface area contributed by atoms with Crippen molar-refractivity contribution < 1.29 is 9.53 Å². The number of aromatic nitrogens is 2. The molecule has 1 amide bonds. The second-order valence-corrected chi connectivity index (χ2v) is 8.32. The molecule has 1 heterocycles. The molecule has 0 radical (unpaired) electrons. The van der Waals surface area contributed by atoms with Crippen molar-refractivity contribution in [3.8, 4) is 5.88 Å². The molecule has 1 aromatic rings. The summed E-state index contributed by atoms with van der Waals surface area (Å²) >= 11 is 0. The molecule has 2 aliphatic rings. The highest BCUT2D eigenvalue weighted by atomic mass is 16.5. The smallest absolute Gasteiger partial charge is 0.348 e. The predicted octanol–water partition coefficient (Wildman–Crippen LogP) is 3.38. The van der Waals surface area contributed by atoms with E-state index < -0.39 is 5.69 Å². The van der Waals surface area contributed by atoms with E-state index in [0.717, 1.165) is 30.4 Å². The molecule has 1 aromatic heterocycles. The van der Waals surface area contributed by atoms with Crippen molar-refractivity contribution in [1.29, 1.82) is 0 Å². The van der Waals surface area contributed by atoms with Crippen molar-refractivity contribution in [1.82, 2.24) is 15.3 Å². The van der Waals surface area contributed by atoms with Crippen LogP contribution in [0.5, 0.6) is 5.88 Å². The fraction of sp³-hybridized carbons (Fsp3) is 0.762. The van der Waals surface area contributed by atoms with E-state index in [-0.39, 0.29) is 18.4 Å². The first-order valence-corrected chi connectivity index (χ1v) is 10.6. The SMILES string of the molecule is CCC1CC(CC)CC(CNC(=O)COc2cc(C3CCC3)[nH]c(=O)n2)C1. The molecule has 0 bridgehead atoms. The topological polar surface area (TPSA) is 84.1 Å². The lowest BCUT2D eigenvalue weighted by atomic mass is 9.73. The molecule has 0 aliphatic heterocycles. The number of hydrogen-bond donors (Lipinski definition) is 2. The summed E-state index contributed by atoms with van der Waals surface area (Å²) in [4.78, 5) is 30.5. The summed E-state index contributed by atoms with van der Waals surface area (Å²) in [6, 6.07) is 1.76. The summed E-state index contributed by atoms with van der Waals surface area (Å²) in [5.41, 5.74) is 0.461. The lowest BCUT2D eigenvalue weighted by Crippen LogP contribution is -2.36. The highest BCUT2D eigenvalue weighted by Gasteiger charge is 2.27. The molecule has 2 saturated carbocycles. The van der Waals surface area contributed by atoms with Gasteiger partial charge in [-0.2, -0.15) is 4.98 Å². The van der Waals surface area contributed by atoms with E-state index in [9.17, 15) is 9.59 Å². The molecule has 0 saturated heterocycles. The average Bonchev–Trinajstić information content (AvgIpc) is 2.62. The lowest BCUT2D eigenvalue weighted by molar-refractivity contribution is -0.123. The van der Waals surface area contributed by atoms with Crippen LogP contribution in [0.4, 0.5) is 0 Å². The number of ether oxygens (including phenoxy) is 1. The average molecular weight is 376 g/mol. The second kappa shape index (κ2) is 9.38. The van der Waals surface area contributed by atoms with Gasteiger partial charge in [-0.15, -0.1) is 0 Å². The molecular formula is C21H33N3O3. The number of carbonyl (C=O) groups is 1. The van der Waals surface area contributed by atoms with E-state index >= 15 is 0 Å². The molecule has 2 unspecified atom stereocenters. The van der Waals surface area contributed by atoms with E-state index in [1.807, 2.05) is 0 Å². The maximum Gasteiger partial charge on any atom is 0.348 e. The molecule has 2 atom stereocenters. The van der Waals surface area contributed by atoms with Gasteiger partial charge in [-0.3, -0.25) is 4.79 Å². The van der Waals surface area contributed by atoms with Crippen molar-refractivity contribution >= 4 is 5.91 Å². The largest absolute Gasteiger partial charge is 0.467 e. The van der Waals surface area contributed by atoms with Gasteiger partial charge in [0.25, 0.3) is 5.91 Å². The van der Waals surface area contributed by atoms with E-state index in [4.69, 9.17) is 4.74 Å². The lowest BCUT2D eigenvalue weighted by Gasteiger charge is -2.34. The van der Waals surface area contributed by atoms with Crippen molar-refractivity contribution in [2.24, 2.45) is 17.8 Å². The highest BCUT2D eigenvalue weighted by Crippen LogP contribution is 2.36. The zero-order chi connectivity index (χ0) is 19.2. The van der Waals surface area contributed by atoms with Gasteiger partial charge in [0, 0.05) is 18.3 Å². The minimum atomic E-state index is -0.409. The Morgan fingerprint density at radius 3 is 2.44 bits per heavy atom. The number of hydrogen-bond acceptors (Lipinski definition) is 4. The van der Waals surface area contributed by atoms with Gasteiger partial charge in [0.2, 0.25) is 5.88 Å². The van der Waals surface area contributed by atoms with Gasteiger partial charge in [-0.1, -0.05) is 33.1 Å². The molecule has 3 rings (SSSR count). The number of aromatic amines is 1. The van der Waals surface area contributed by atoms with Crippen LogP contribution in [0.1, 0.15) is 76.8 Å². The molecule has 6 heteroatoms. The zero-order valence-electron chi connectivity index (χ0n) is 16.6. The summed E-state index contributed by atoms with van der Waals surface area (Å²) in [6.45, 7) is 5.14. The number of rotatable bonds is 8. The maximum absolute atomic E-state index is 12.2. The number of H-pyrrole nitrogens is 1. The summed E-state index contributed by atoms with van der Waals surface area (Å²) in [6.07, 6.45) is 9.54. The van der Waals surface area contributed by atoms with Gasteiger partial charge < -0.3 is 15.0 Å². The fourth-order valence-corrected chi connectivity index (χ4v) is 4.45. The third-order valence-corrected chi connectivity index (χ3v) is 6.38. The van der Waals surface area contributed by atoms with Crippen LogP contribution in [0.15, 0.2) is 10.9 Å². The monoisotopic (exact) mass is 375 g/mol. The van der Waals surface area contributed by atoms with Crippen LogP contribution in [0, 0.1) is 17.8 Å². The molecule has 0 aromatic carbocycles. The standard InChI is InChI=1S/C21H33N3O3/c1-3-14-8-15(4-2)10-16(9-14)12-22-19(25)13-27-20-11-18(17-6-5-7-17)23-21(26)24-20/h11,14-17H,3-10,12-13H2,1-2H3,(H,22,25)(H,23,24,26). The molecule has 6 nitrogen and oxygen atoms in total. The quantitative estimate of drug-likeness (QED) is 0.729. The Balaban J connectivity index is 1.45. The van der Waals surface area contributed by atoms with Crippen molar-refractivity contribution in [2.75, 3.05) is 13.2 Å². The first-order chi connectivity index (χ1) is 13.1. The Kier molecular flexibility index (Phi) is 6.91. The van der Waals surface area contributed by atoms with Crippen LogP contribution >= 0.6 is 0 Å². The minimum absolute atomic E-state index is 0.0955. The van der Waals surface area contributed by atoms with Crippen LogP contribution < -0.4 is 15.7 Å².